The van der Waals surface area contributed by atoms with Crippen LogP contribution < -0.4 is 0 Å². The van der Waals surface area contributed by atoms with Crippen molar-refractivity contribution in [2.24, 2.45) is 0 Å². The molecule has 4 heteroatoms. The van der Waals surface area contributed by atoms with Gasteiger partial charge in [0.05, 0.1) is 6.10 Å². The van der Waals surface area contributed by atoms with Crippen LogP contribution in [0.4, 0.5) is 0 Å². The molecule has 0 aliphatic carbocycles. The molecule has 0 spiro atoms. The number of hydrogen-bond acceptors (Lipinski definition) is 4. The predicted octanol–water partition coefficient (Wildman–Crippen LogP) is 1.91. The molecule has 0 amide bonds. The summed E-state index contributed by atoms with van der Waals surface area (Å²) in [6, 6.07) is 4.61. The lowest BCUT2D eigenvalue weighted by Gasteiger charge is -2.15. The standard InChI is InChI=1S/C14H16O4/c1-9(8-15)14(18-3)7-12-6-11(10(2)16)4-5-13(12)17/h4-6,8,14,17H,1,7H2,2-3H3/t14-/m0/s1. The van der Waals surface area contributed by atoms with Crippen molar-refractivity contribution >= 4 is 12.1 Å². The normalized spacial score (nSPS) is 11.9. The van der Waals surface area contributed by atoms with Crippen LogP contribution in [0, 0.1) is 0 Å². The first-order chi connectivity index (χ1) is 8.49. The van der Waals surface area contributed by atoms with Crippen LogP contribution in [0.5, 0.6) is 5.75 Å². The number of aromatic hydroxyl groups is 1. The smallest absolute Gasteiger partial charge is 0.159 e. The van der Waals surface area contributed by atoms with Gasteiger partial charge in [0.25, 0.3) is 0 Å². The van der Waals surface area contributed by atoms with E-state index in [1.54, 1.807) is 12.1 Å². The maximum absolute atomic E-state index is 11.3. The predicted molar refractivity (Wildman–Crippen MR) is 67.8 cm³/mol. The summed E-state index contributed by atoms with van der Waals surface area (Å²) in [6.45, 7) is 5.04. The molecule has 0 aliphatic rings. The number of aldehydes is 1. The molecule has 96 valence electrons. The highest BCUT2D eigenvalue weighted by Gasteiger charge is 2.15. The summed E-state index contributed by atoms with van der Waals surface area (Å²) in [5.41, 5.74) is 1.36. The van der Waals surface area contributed by atoms with E-state index >= 15 is 0 Å². The van der Waals surface area contributed by atoms with Gasteiger partial charge in [-0.25, -0.2) is 0 Å². The number of hydrogen-bond donors (Lipinski definition) is 1. The zero-order chi connectivity index (χ0) is 13.7. The molecule has 1 aromatic rings. The molecular formula is C14H16O4. The number of methoxy groups -OCH3 is 1. The average molecular weight is 248 g/mol. The number of ketones is 1. The molecule has 1 rings (SSSR count). The van der Waals surface area contributed by atoms with E-state index in [1.807, 2.05) is 0 Å². The summed E-state index contributed by atoms with van der Waals surface area (Å²) in [7, 11) is 1.46. The Morgan fingerprint density at radius 2 is 2.22 bits per heavy atom. The molecule has 0 unspecified atom stereocenters. The lowest BCUT2D eigenvalue weighted by atomic mass is 9.99. The van der Waals surface area contributed by atoms with E-state index < -0.39 is 6.10 Å². The molecule has 0 aliphatic heterocycles. The zero-order valence-electron chi connectivity index (χ0n) is 10.5. The summed E-state index contributed by atoms with van der Waals surface area (Å²) >= 11 is 0. The minimum atomic E-state index is -0.504. The zero-order valence-corrected chi connectivity index (χ0v) is 10.5. The van der Waals surface area contributed by atoms with Crippen LogP contribution in [0.15, 0.2) is 30.4 Å². The summed E-state index contributed by atoms with van der Waals surface area (Å²) in [6.07, 6.45) is 0.414. The van der Waals surface area contributed by atoms with Gasteiger partial charge < -0.3 is 9.84 Å². The minimum Gasteiger partial charge on any atom is -0.508 e. The van der Waals surface area contributed by atoms with Crippen molar-refractivity contribution in [1.29, 1.82) is 0 Å². The van der Waals surface area contributed by atoms with E-state index in [1.165, 1.54) is 20.1 Å². The first-order valence-electron chi connectivity index (χ1n) is 5.49. The van der Waals surface area contributed by atoms with Crippen molar-refractivity contribution in [1.82, 2.24) is 0 Å². The summed E-state index contributed by atoms with van der Waals surface area (Å²) in [5, 5.41) is 9.73. The molecule has 0 bridgehead atoms. The molecule has 0 aromatic heterocycles. The minimum absolute atomic E-state index is 0.0701. The third kappa shape index (κ3) is 3.28. The lowest BCUT2D eigenvalue weighted by molar-refractivity contribution is -0.105. The molecule has 18 heavy (non-hydrogen) atoms. The van der Waals surface area contributed by atoms with E-state index in [-0.39, 0.29) is 11.5 Å². The van der Waals surface area contributed by atoms with E-state index in [9.17, 15) is 14.7 Å². The second kappa shape index (κ2) is 6.12. The summed E-state index contributed by atoms with van der Waals surface area (Å²) in [5.74, 6) is -0.0137. The number of carbonyl (C=O) groups excluding carboxylic acids is 2. The van der Waals surface area contributed by atoms with Gasteiger partial charge >= 0.3 is 0 Å². The van der Waals surface area contributed by atoms with Gasteiger partial charge in [0.1, 0.15) is 12.0 Å². The molecule has 1 aromatic carbocycles. The molecule has 0 fully saturated rings. The molecule has 4 nitrogen and oxygen atoms in total. The van der Waals surface area contributed by atoms with Gasteiger partial charge in [-0.15, -0.1) is 0 Å². The first kappa shape index (κ1) is 14.1. The van der Waals surface area contributed by atoms with Crippen LogP contribution in [0.3, 0.4) is 0 Å². The van der Waals surface area contributed by atoms with Gasteiger partial charge in [0.2, 0.25) is 0 Å². The first-order valence-corrected chi connectivity index (χ1v) is 5.49. The van der Waals surface area contributed by atoms with Crippen LogP contribution in [0.2, 0.25) is 0 Å². The average Bonchev–Trinajstić information content (AvgIpc) is 2.36. The van der Waals surface area contributed by atoms with Crippen molar-refractivity contribution in [2.45, 2.75) is 19.4 Å². The Morgan fingerprint density at radius 3 is 2.72 bits per heavy atom. The Kier molecular flexibility index (Phi) is 4.80. The Hall–Kier alpha value is -1.94. The Bertz CT molecular complexity index is 477. The molecule has 1 atom stereocenters. The van der Waals surface area contributed by atoms with Gasteiger partial charge in [0.15, 0.2) is 5.78 Å². The third-order valence-corrected chi connectivity index (χ3v) is 2.74. The maximum Gasteiger partial charge on any atom is 0.159 e. The fourth-order valence-electron chi connectivity index (χ4n) is 1.61. The second-order valence-corrected chi connectivity index (χ2v) is 4.02. The molecule has 0 saturated carbocycles. The molecule has 0 heterocycles. The van der Waals surface area contributed by atoms with Crippen LogP contribution in [0.25, 0.3) is 0 Å². The number of carbonyl (C=O) groups is 2. The highest BCUT2D eigenvalue weighted by Crippen LogP contribution is 2.22. The lowest BCUT2D eigenvalue weighted by Crippen LogP contribution is -2.17. The van der Waals surface area contributed by atoms with Crippen molar-refractivity contribution in [3.05, 3.63) is 41.5 Å². The van der Waals surface area contributed by atoms with Crippen molar-refractivity contribution in [2.75, 3.05) is 7.11 Å². The van der Waals surface area contributed by atoms with Crippen LogP contribution in [-0.4, -0.2) is 30.4 Å². The number of Topliss-reactive ketones (excluding diaryl/α,β-unsaturated/α-hetero) is 1. The summed E-state index contributed by atoms with van der Waals surface area (Å²) < 4.78 is 5.14. The van der Waals surface area contributed by atoms with Crippen LogP contribution >= 0.6 is 0 Å². The largest absolute Gasteiger partial charge is 0.508 e. The maximum atomic E-state index is 11.3. The monoisotopic (exact) mass is 248 g/mol. The van der Waals surface area contributed by atoms with Crippen LogP contribution in [0.1, 0.15) is 22.8 Å². The second-order valence-electron chi connectivity index (χ2n) is 4.02. The SMILES string of the molecule is C=C(C=O)[C@H](Cc1cc(C(C)=O)ccc1O)OC. The molecule has 0 radical (unpaired) electrons. The number of phenolic OH excluding ortho intramolecular Hbond substituents is 1. The highest BCUT2D eigenvalue weighted by atomic mass is 16.5. The summed E-state index contributed by atoms with van der Waals surface area (Å²) in [4.78, 5) is 21.9. The van der Waals surface area contributed by atoms with E-state index in [2.05, 4.69) is 6.58 Å². The quantitative estimate of drug-likeness (QED) is 0.474. The van der Waals surface area contributed by atoms with Crippen molar-refractivity contribution in [3.8, 4) is 5.75 Å². The number of ether oxygens (including phenoxy) is 1. The van der Waals surface area contributed by atoms with Gasteiger partial charge in [0, 0.05) is 24.7 Å². The Balaban J connectivity index is 3.01. The molecule has 0 saturated heterocycles. The van der Waals surface area contributed by atoms with Crippen molar-refractivity contribution in [3.63, 3.8) is 0 Å². The van der Waals surface area contributed by atoms with E-state index in [0.717, 1.165) is 0 Å². The van der Waals surface area contributed by atoms with Gasteiger partial charge in [-0.05, 0) is 30.7 Å². The van der Waals surface area contributed by atoms with E-state index in [0.29, 0.717) is 29.4 Å². The third-order valence-electron chi connectivity index (χ3n) is 2.74. The highest BCUT2D eigenvalue weighted by molar-refractivity contribution is 5.94. The van der Waals surface area contributed by atoms with E-state index in [4.69, 9.17) is 4.74 Å². The fraction of sp³-hybridized carbons (Fsp3) is 0.286. The molecule has 1 N–H and O–H groups in total. The number of benzene rings is 1. The number of phenols is 1. The van der Waals surface area contributed by atoms with Crippen LogP contribution in [-0.2, 0) is 16.0 Å². The Morgan fingerprint density at radius 1 is 1.56 bits per heavy atom. The Labute approximate surface area is 106 Å². The van der Waals surface area contributed by atoms with Gasteiger partial charge in [-0.3, -0.25) is 9.59 Å². The van der Waals surface area contributed by atoms with Crippen molar-refractivity contribution < 1.29 is 19.4 Å². The topological polar surface area (TPSA) is 63.6 Å². The fourth-order valence-corrected chi connectivity index (χ4v) is 1.61. The molecular weight excluding hydrogens is 232 g/mol. The van der Waals surface area contributed by atoms with Gasteiger partial charge in [-0.1, -0.05) is 6.58 Å². The van der Waals surface area contributed by atoms with Gasteiger partial charge in [-0.2, -0.15) is 0 Å². The number of rotatable bonds is 6.